The number of nitrogens with zero attached hydrogens (tertiary/aromatic N) is 1. The third-order valence-corrected chi connectivity index (χ3v) is 4.04. The molecule has 0 saturated heterocycles. The highest BCUT2D eigenvalue weighted by Crippen LogP contribution is 2.15. The zero-order valence-corrected chi connectivity index (χ0v) is 15.0. The Balaban J connectivity index is 2.01. The number of hydrogen-bond acceptors (Lipinski definition) is 3. The first-order valence-corrected chi connectivity index (χ1v) is 8.37. The summed E-state index contributed by atoms with van der Waals surface area (Å²) in [6, 6.07) is 14.9. The molecule has 0 aromatic heterocycles. The number of rotatable bonds is 6. The molecular weight excluding hydrogens is 314 g/mol. The van der Waals surface area contributed by atoms with Gasteiger partial charge in [0, 0.05) is 37.3 Å². The van der Waals surface area contributed by atoms with Crippen molar-refractivity contribution >= 4 is 17.5 Å². The van der Waals surface area contributed by atoms with Gasteiger partial charge in [-0.05, 0) is 49.2 Å². The Kier molecular flexibility index (Phi) is 6.31. The van der Waals surface area contributed by atoms with Crippen molar-refractivity contribution < 1.29 is 9.59 Å². The average molecular weight is 339 g/mol. The van der Waals surface area contributed by atoms with Crippen LogP contribution in [0.25, 0.3) is 0 Å². The van der Waals surface area contributed by atoms with Gasteiger partial charge in [-0.15, -0.1) is 0 Å². The minimum Gasteiger partial charge on any atom is -0.336 e. The molecule has 0 heterocycles. The predicted molar refractivity (Wildman–Crippen MR) is 100 cm³/mol. The molecule has 5 heteroatoms. The van der Waals surface area contributed by atoms with Crippen LogP contribution in [-0.4, -0.2) is 22.8 Å². The van der Waals surface area contributed by atoms with E-state index in [1.165, 1.54) is 0 Å². The fourth-order valence-corrected chi connectivity index (χ4v) is 2.54. The van der Waals surface area contributed by atoms with Crippen LogP contribution >= 0.6 is 0 Å². The van der Waals surface area contributed by atoms with Crippen molar-refractivity contribution in [3.8, 4) is 0 Å². The average Bonchev–Trinajstić information content (AvgIpc) is 2.60. The molecule has 0 saturated carbocycles. The molecular formula is C20H25N3O2. The van der Waals surface area contributed by atoms with Crippen molar-refractivity contribution in [3.05, 3.63) is 65.2 Å². The van der Waals surface area contributed by atoms with Crippen LogP contribution in [0.2, 0.25) is 0 Å². The molecule has 0 aliphatic heterocycles. The number of carbonyl (C=O) groups is 2. The molecule has 2 amide bonds. The molecule has 2 aromatic rings. The van der Waals surface area contributed by atoms with Gasteiger partial charge in [0.05, 0.1) is 0 Å². The maximum absolute atomic E-state index is 12.3. The molecule has 2 aromatic carbocycles. The van der Waals surface area contributed by atoms with Gasteiger partial charge >= 0.3 is 0 Å². The Morgan fingerprint density at radius 1 is 1.00 bits per heavy atom. The molecule has 25 heavy (non-hydrogen) atoms. The van der Waals surface area contributed by atoms with Crippen molar-refractivity contribution in [2.75, 3.05) is 5.32 Å². The van der Waals surface area contributed by atoms with E-state index in [1.54, 1.807) is 24.0 Å². The number of anilines is 1. The highest BCUT2D eigenvalue weighted by atomic mass is 16.2. The second-order valence-corrected chi connectivity index (χ2v) is 6.29. The molecule has 0 bridgehead atoms. The van der Waals surface area contributed by atoms with E-state index in [0.717, 1.165) is 16.8 Å². The summed E-state index contributed by atoms with van der Waals surface area (Å²) < 4.78 is 0. The van der Waals surface area contributed by atoms with Crippen LogP contribution in [0.4, 0.5) is 5.69 Å². The van der Waals surface area contributed by atoms with Gasteiger partial charge < -0.3 is 16.0 Å². The number of benzene rings is 2. The largest absolute Gasteiger partial charge is 0.336 e. The van der Waals surface area contributed by atoms with E-state index in [4.69, 9.17) is 5.73 Å². The molecule has 0 spiro atoms. The SMILES string of the molecule is CC(=O)N(Cc1ccc(NC(=O)c2ccc(CN)cc2)cc1)C(C)C. The van der Waals surface area contributed by atoms with Crippen molar-refractivity contribution in [1.82, 2.24) is 4.90 Å². The molecule has 0 fully saturated rings. The van der Waals surface area contributed by atoms with E-state index in [1.807, 2.05) is 50.2 Å². The molecule has 0 radical (unpaired) electrons. The molecule has 0 aliphatic carbocycles. The Morgan fingerprint density at radius 2 is 1.56 bits per heavy atom. The highest BCUT2D eigenvalue weighted by Gasteiger charge is 2.13. The monoisotopic (exact) mass is 339 g/mol. The summed E-state index contributed by atoms with van der Waals surface area (Å²) in [5, 5.41) is 2.87. The molecule has 3 N–H and O–H groups in total. The molecule has 5 nitrogen and oxygen atoms in total. The standard InChI is InChI=1S/C20H25N3O2/c1-14(2)23(15(3)24)13-17-6-10-19(11-7-17)22-20(25)18-8-4-16(12-21)5-9-18/h4-11,14H,12-13,21H2,1-3H3,(H,22,25). The van der Waals surface area contributed by atoms with Crippen LogP contribution in [-0.2, 0) is 17.9 Å². The maximum atomic E-state index is 12.3. The van der Waals surface area contributed by atoms with E-state index in [2.05, 4.69) is 5.32 Å². The topological polar surface area (TPSA) is 75.4 Å². The minimum absolute atomic E-state index is 0.0494. The number of amides is 2. The van der Waals surface area contributed by atoms with E-state index >= 15 is 0 Å². The van der Waals surface area contributed by atoms with Crippen LogP contribution in [0.3, 0.4) is 0 Å². The predicted octanol–water partition coefficient (Wildman–Crippen LogP) is 3.15. The van der Waals surface area contributed by atoms with E-state index in [9.17, 15) is 9.59 Å². The maximum Gasteiger partial charge on any atom is 0.255 e. The van der Waals surface area contributed by atoms with Crippen molar-refractivity contribution in [3.63, 3.8) is 0 Å². The minimum atomic E-state index is -0.163. The van der Waals surface area contributed by atoms with E-state index in [-0.39, 0.29) is 17.9 Å². The van der Waals surface area contributed by atoms with Crippen LogP contribution in [0, 0.1) is 0 Å². The van der Waals surface area contributed by atoms with Gasteiger partial charge in [0.15, 0.2) is 0 Å². The first-order valence-electron chi connectivity index (χ1n) is 8.37. The molecule has 0 unspecified atom stereocenters. The van der Waals surface area contributed by atoms with Crippen molar-refractivity contribution in [1.29, 1.82) is 0 Å². The van der Waals surface area contributed by atoms with Gasteiger partial charge in [-0.25, -0.2) is 0 Å². The Bertz CT molecular complexity index is 722. The van der Waals surface area contributed by atoms with Gasteiger partial charge in [0.2, 0.25) is 5.91 Å². The first kappa shape index (κ1) is 18.7. The highest BCUT2D eigenvalue weighted by molar-refractivity contribution is 6.04. The Hall–Kier alpha value is -2.66. The van der Waals surface area contributed by atoms with Gasteiger partial charge in [0.1, 0.15) is 0 Å². The lowest BCUT2D eigenvalue weighted by molar-refractivity contribution is -0.131. The zero-order chi connectivity index (χ0) is 18.4. The lowest BCUT2D eigenvalue weighted by Crippen LogP contribution is -2.34. The summed E-state index contributed by atoms with van der Waals surface area (Å²) in [6.07, 6.45) is 0. The normalized spacial score (nSPS) is 10.6. The summed E-state index contributed by atoms with van der Waals surface area (Å²) in [5.41, 5.74) is 8.87. The molecule has 0 aliphatic rings. The summed E-state index contributed by atoms with van der Waals surface area (Å²) in [7, 11) is 0. The van der Waals surface area contributed by atoms with Crippen LogP contribution in [0.15, 0.2) is 48.5 Å². The first-order chi connectivity index (χ1) is 11.9. The number of nitrogens with one attached hydrogen (secondary N) is 1. The van der Waals surface area contributed by atoms with Crippen molar-refractivity contribution in [2.24, 2.45) is 5.73 Å². The number of hydrogen-bond donors (Lipinski definition) is 2. The number of nitrogens with two attached hydrogens (primary N) is 1. The van der Waals surface area contributed by atoms with Gasteiger partial charge in [-0.3, -0.25) is 9.59 Å². The zero-order valence-electron chi connectivity index (χ0n) is 15.0. The summed E-state index contributed by atoms with van der Waals surface area (Å²) >= 11 is 0. The molecule has 0 atom stereocenters. The van der Waals surface area contributed by atoms with Gasteiger partial charge in [-0.2, -0.15) is 0 Å². The van der Waals surface area contributed by atoms with Crippen LogP contribution in [0.5, 0.6) is 0 Å². The smallest absolute Gasteiger partial charge is 0.255 e. The van der Waals surface area contributed by atoms with E-state index in [0.29, 0.717) is 18.7 Å². The fraction of sp³-hybridized carbons (Fsp3) is 0.300. The van der Waals surface area contributed by atoms with Crippen LogP contribution in [0.1, 0.15) is 42.3 Å². The number of carbonyl (C=O) groups excluding carboxylic acids is 2. The lowest BCUT2D eigenvalue weighted by atomic mass is 10.1. The summed E-state index contributed by atoms with van der Waals surface area (Å²) in [6.45, 7) is 6.57. The third-order valence-electron chi connectivity index (χ3n) is 4.04. The quantitative estimate of drug-likeness (QED) is 0.849. The lowest BCUT2D eigenvalue weighted by Gasteiger charge is -2.25. The van der Waals surface area contributed by atoms with Crippen molar-refractivity contribution in [2.45, 2.75) is 39.9 Å². The van der Waals surface area contributed by atoms with Gasteiger partial charge in [0.25, 0.3) is 5.91 Å². The second kappa shape index (κ2) is 8.44. The molecule has 2 rings (SSSR count). The summed E-state index contributed by atoms with van der Waals surface area (Å²) in [5.74, 6) is -0.114. The second-order valence-electron chi connectivity index (χ2n) is 6.29. The Morgan fingerprint density at radius 3 is 2.04 bits per heavy atom. The van der Waals surface area contributed by atoms with Crippen LogP contribution < -0.4 is 11.1 Å². The van der Waals surface area contributed by atoms with E-state index < -0.39 is 0 Å². The van der Waals surface area contributed by atoms with Gasteiger partial charge in [-0.1, -0.05) is 24.3 Å². The summed E-state index contributed by atoms with van der Waals surface area (Å²) in [4.78, 5) is 25.7. The molecule has 132 valence electrons. The third kappa shape index (κ3) is 5.16. The fourth-order valence-electron chi connectivity index (χ4n) is 2.54. The Labute approximate surface area is 148 Å².